The van der Waals surface area contributed by atoms with E-state index < -0.39 is 12.0 Å². The van der Waals surface area contributed by atoms with Gasteiger partial charge in [-0.2, -0.15) is 0 Å². The Morgan fingerprint density at radius 3 is 2.50 bits per heavy atom. The van der Waals surface area contributed by atoms with Crippen LogP contribution < -0.4 is 16.6 Å². The van der Waals surface area contributed by atoms with Crippen LogP contribution in [0.1, 0.15) is 10.4 Å². The highest BCUT2D eigenvalue weighted by molar-refractivity contribution is 5.94. The van der Waals surface area contributed by atoms with E-state index in [1.807, 2.05) is 0 Å². The van der Waals surface area contributed by atoms with Crippen LogP contribution in [-0.4, -0.2) is 17.1 Å². The van der Waals surface area contributed by atoms with Gasteiger partial charge in [0, 0.05) is 0 Å². The zero-order valence-electron chi connectivity index (χ0n) is 7.15. The standard InChI is InChI=1S/C8H9N3O3/c9-8(14)11-10-6-4-2-1-3-5(6)7(12)13/h1-4,10H,(H,12,13)(H3,9,11,14). The zero-order chi connectivity index (χ0) is 10.6. The molecular weight excluding hydrogens is 186 g/mol. The van der Waals surface area contributed by atoms with Crippen molar-refractivity contribution in [2.45, 2.75) is 0 Å². The SMILES string of the molecule is NC(=O)NNc1ccccc1C(=O)O. The Hall–Kier alpha value is -2.24. The van der Waals surface area contributed by atoms with Gasteiger partial charge in [-0.25, -0.2) is 9.59 Å². The highest BCUT2D eigenvalue weighted by atomic mass is 16.4. The summed E-state index contributed by atoms with van der Waals surface area (Å²) in [6.07, 6.45) is 0. The van der Waals surface area contributed by atoms with Gasteiger partial charge in [-0.1, -0.05) is 12.1 Å². The lowest BCUT2D eigenvalue weighted by Gasteiger charge is -2.08. The van der Waals surface area contributed by atoms with Gasteiger partial charge in [-0.05, 0) is 12.1 Å². The Balaban J connectivity index is 2.84. The maximum Gasteiger partial charge on any atom is 0.337 e. The minimum absolute atomic E-state index is 0.0567. The second-order valence-corrected chi connectivity index (χ2v) is 2.46. The number of aromatic carboxylic acids is 1. The molecular formula is C8H9N3O3. The number of para-hydroxylation sites is 1. The van der Waals surface area contributed by atoms with Crippen molar-refractivity contribution in [2.24, 2.45) is 5.73 Å². The van der Waals surface area contributed by atoms with Crippen molar-refractivity contribution in [2.75, 3.05) is 5.43 Å². The maximum absolute atomic E-state index is 10.7. The first-order chi connectivity index (χ1) is 6.61. The molecule has 0 aliphatic rings. The smallest absolute Gasteiger partial charge is 0.337 e. The fraction of sp³-hybridized carbons (Fsp3) is 0. The van der Waals surface area contributed by atoms with Crippen molar-refractivity contribution in [1.82, 2.24) is 5.43 Å². The second kappa shape index (κ2) is 4.13. The monoisotopic (exact) mass is 195 g/mol. The van der Waals surface area contributed by atoms with E-state index in [0.717, 1.165) is 0 Å². The number of carboxylic acid groups (broad SMARTS) is 1. The van der Waals surface area contributed by atoms with Crippen molar-refractivity contribution >= 4 is 17.7 Å². The fourth-order valence-electron chi connectivity index (χ4n) is 0.908. The molecule has 0 radical (unpaired) electrons. The van der Waals surface area contributed by atoms with Crippen LogP contribution in [0.5, 0.6) is 0 Å². The predicted octanol–water partition coefficient (Wildman–Crippen LogP) is 0.380. The van der Waals surface area contributed by atoms with Gasteiger partial charge in [0.1, 0.15) is 0 Å². The van der Waals surface area contributed by atoms with E-state index in [1.54, 1.807) is 12.1 Å². The van der Waals surface area contributed by atoms with Crippen molar-refractivity contribution in [1.29, 1.82) is 0 Å². The molecule has 74 valence electrons. The molecule has 2 amide bonds. The topological polar surface area (TPSA) is 104 Å². The lowest BCUT2D eigenvalue weighted by atomic mass is 10.2. The molecule has 0 unspecified atom stereocenters. The first-order valence-corrected chi connectivity index (χ1v) is 3.75. The minimum atomic E-state index is -1.08. The molecule has 0 fully saturated rings. The highest BCUT2D eigenvalue weighted by Crippen LogP contribution is 2.13. The first kappa shape index (κ1) is 9.85. The highest BCUT2D eigenvalue weighted by Gasteiger charge is 2.08. The number of carbonyl (C=O) groups is 2. The third-order valence-electron chi connectivity index (χ3n) is 1.48. The lowest BCUT2D eigenvalue weighted by Crippen LogP contribution is -2.34. The van der Waals surface area contributed by atoms with Gasteiger partial charge < -0.3 is 10.8 Å². The molecule has 0 spiro atoms. The fourth-order valence-corrected chi connectivity index (χ4v) is 0.908. The number of benzene rings is 1. The number of nitrogens with two attached hydrogens (primary N) is 1. The minimum Gasteiger partial charge on any atom is -0.478 e. The Labute approximate surface area is 79.7 Å². The van der Waals surface area contributed by atoms with Crippen molar-refractivity contribution in [3.8, 4) is 0 Å². The van der Waals surface area contributed by atoms with Crippen LogP contribution in [0.3, 0.4) is 0 Å². The van der Waals surface area contributed by atoms with Gasteiger partial charge in [0.2, 0.25) is 0 Å². The van der Waals surface area contributed by atoms with Crippen LogP contribution >= 0.6 is 0 Å². The summed E-state index contributed by atoms with van der Waals surface area (Å²) in [5.74, 6) is -1.08. The molecule has 0 atom stereocenters. The average Bonchev–Trinajstić information content (AvgIpc) is 2.15. The molecule has 1 rings (SSSR count). The summed E-state index contributed by atoms with van der Waals surface area (Å²) >= 11 is 0. The van der Waals surface area contributed by atoms with Gasteiger partial charge >= 0.3 is 12.0 Å². The van der Waals surface area contributed by atoms with Gasteiger partial charge in [-0.3, -0.25) is 10.9 Å². The Bertz CT molecular complexity index is 365. The predicted molar refractivity (Wildman–Crippen MR) is 49.7 cm³/mol. The van der Waals surface area contributed by atoms with Gasteiger partial charge in [-0.15, -0.1) is 0 Å². The van der Waals surface area contributed by atoms with Gasteiger partial charge in [0.25, 0.3) is 0 Å². The summed E-state index contributed by atoms with van der Waals surface area (Å²) in [5, 5.41) is 8.75. The van der Waals surface area contributed by atoms with E-state index in [9.17, 15) is 9.59 Å². The summed E-state index contributed by atoms with van der Waals surface area (Å²) in [7, 11) is 0. The number of urea groups is 1. The van der Waals surface area contributed by atoms with Crippen LogP contribution in [0, 0.1) is 0 Å². The summed E-state index contributed by atoms with van der Waals surface area (Å²) in [6, 6.07) is 5.36. The molecule has 6 nitrogen and oxygen atoms in total. The molecule has 14 heavy (non-hydrogen) atoms. The summed E-state index contributed by atoms with van der Waals surface area (Å²) < 4.78 is 0. The van der Waals surface area contributed by atoms with Crippen LogP contribution in [-0.2, 0) is 0 Å². The zero-order valence-corrected chi connectivity index (χ0v) is 7.15. The number of anilines is 1. The largest absolute Gasteiger partial charge is 0.478 e. The molecule has 1 aromatic carbocycles. The van der Waals surface area contributed by atoms with E-state index in [-0.39, 0.29) is 11.3 Å². The second-order valence-electron chi connectivity index (χ2n) is 2.46. The van der Waals surface area contributed by atoms with E-state index in [0.29, 0.717) is 0 Å². The molecule has 0 saturated carbocycles. The Morgan fingerprint density at radius 2 is 1.93 bits per heavy atom. The maximum atomic E-state index is 10.7. The average molecular weight is 195 g/mol. The van der Waals surface area contributed by atoms with E-state index in [1.165, 1.54) is 12.1 Å². The summed E-state index contributed by atoms with van der Waals surface area (Å²) in [4.78, 5) is 21.0. The molecule has 0 heterocycles. The molecule has 0 aliphatic heterocycles. The molecule has 6 heteroatoms. The van der Waals surface area contributed by atoms with Crippen LogP contribution in [0.25, 0.3) is 0 Å². The third kappa shape index (κ3) is 2.37. The lowest BCUT2D eigenvalue weighted by molar-refractivity contribution is 0.0698. The number of hydrogen-bond acceptors (Lipinski definition) is 3. The number of hydrogen-bond donors (Lipinski definition) is 4. The molecule has 1 aromatic rings. The normalized spacial score (nSPS) is 9.14. The van der Waals surface area contributed by atoms with Crippen LogP contribution in [0.2, 0.25) is 0 Å². The van der Waals surface area contributed by atoms with Crippen molar-refractivity contribution in [3.05, 3.63) is 29.8 Å². The first-order valence-electron chi connectivity index (χ1n) is 3.75. The molecule has 0 saturated heterocycles. The number of amides is 2. The molecule has 0 aliphatic carbocycles. The number of carboxylic acids is 1. The van der Waals surface area contributed by atoms with Crippen molar-refractivity contribution < 1.29 is 14.7 Å². The number of carbonyl (C=O) groups excluding carboxylic acids is 1. The van der Waals surface area contributed by atoms with Crippen LogP contribution in [0.4, 0.5) is 10.5 Å². The van der Waals surface area contributed by atoms with E-state index >= 15 is 0 Å². The number of nitrogens with one attached hydrogen (secondary N) is 2. The summed E-state index contributed by atoms with van der Waals surface area (Å²) in [6.45, 7) is 0. The Morgan fingerprint density at radius 1 is 1.29 bits per heavy atom. The van der Waals surface area contributed by atoms with Gasteiger partial charge in [0.15, 0.2) is 0 Å². The van der Waals surface area contributed by atoms with Gasteiger partial charge in [0.05, 0.1) is 11.3 Å². The van der Waals surface area contributed by atoms with Crippen LogP contribution in [0.15, 0.2) is 24.3 Å². The van der Waals surface area contributed by atoms with Crippen molar-refractivity contribution in [3.63, 3.8) is 0 Å². The third-order valence-corrected chi connectivity index (χ3v) is 1.48. The number of rotatable bonds is 3. The molecule has 5 N–H and O–H groups in total. The van der Waals surface area contributed by atoms with E-state index in [2.05, 4.69) is 10.9 Å². The van der Waals surface area contributed by atoms with E-state index in [4.69, 9.17) is 10.8 Å². The number of primary amides is 1. The molecule has 0 aromatic heterocycles. The summed E-state index contributed by atoms with van der Waals surface area (Å²) in [5.41, 5.74) is 9.61. The Kier molecular flexibility index (Phi) is 2.90. The quantitative estimate of drug-likeness (QED) is 0.523. The molecule has 0 bridgehead atoms. The number of hydrazine groups is 1.